The summed E-state index contributed by atoms with van der Waals surface area (Å²) < 4.78 is 0. The standard InChI is InChI=1S/C10H21N3O3/c1-3-8(9(14)15)13-10(16)12-7-5-6-11-4-2/h8,11H,3-7H2,1-2H3,(H,14,15)(H2,12,13,16)/t8-/m1/s1. The number of rotatable bonds is 8. The third kappa shape index (κ3) is 7.05. The van der Waals surface area contributed by atoms with Gasteiger partial charge < -0.3 is 21.1 Å². The zero-order valence-corrected chi connectivity index (χ0v) is 9.88. The van der Waals surface area contributed by atoms with Gasteiger partial charge in [0.05, 0.1) is 0 Å². The normalized spacial score (nSPS) is 11.9. The van der Waals surface area contributed by atoms with Crippen molar-refractivity contribution in [2.75, 3.05) is 19.6 Å². The molecular weight excluding hydrogens is 210 g/mol. The Morgan fingerprint density at radius 3 is 2.44 bits per heavy atom. The molecule has 16 heavy (non-hydrogen) atoms. The Morgan fingerprint density at radius 2 is 1.94 bits per heavy atom. The van der Waals surface area contributed by atoms with Gasteiger partial charge in [-0.1, -0.05) is 13.8 Å². The van der Waals surface area contributed by atoms with Gasteiger partial charge >= 0.3 is 12.0 Å². The number of carbonyl (C=O) groups excluding carboxylic acids is 1. The first-order chi connectivity index (χ1) is 7.61. The number of urea groups is 1. The van der Waals surface area contributed by atoms with Gasteiger partial charge in [0.15, 0.2) is 0 Å². The van der Waals surface area contributed by atoms with Crippen LogP contribution in [0.3, 0.4) is 0 Å². The molecule has 0 aliphatic carbocycles. The van der Waals surface area contributed by atoms with Gasteiger partial charge in [0.25, 0.3) is 0 Å². The Hall–Kier alpha value is -1.30. The van der Waals surface area contributed by atoms with Crippen LogP contribution in [0.15, 0.2) is 0 Å². The molecule has 2 amide bonds. The van der Waals surface area contributed by atoms with Crippen LogP contribution in [-0.2, 0) is 4.79 Å². The summed E-state index contributed by atoms with van der Waals surface area (Å²) in [6.45, 7) is 6.01. The fourth-order valence-corrected chi connectivity index (χ4v) is 1.14. The van der Waals surface area contributed by atoms with Crippen LogP contribution in [0.2, 0.25) is 0 Å². The number of hydrogen-bond donors (Lipinski definition) is 4. The van der Waals surface area contributed by atoms with E-state index in [0.717, 1.165) is 19.5 Å². The second-order valence-electron chi connectivity index (χ2n) is 3.41. The zero-order chi connectivity index (χ0) is 12.4. The lowest BCUT2D eigenvalue weighted by molar-refractivity contribution is -0.139. The van der Waals surface area contributed by atoms with Crippen molar-refractivity contribution in [2.24, 2.45) is 0 Å². The first-order valence-electron chi connectivity index (χ1n) is 5.59. The summed E-state index contributed by atoms with van der Waals surface area (Å²) in [7, 11) is 0. The summed E-state index contributed by atoms with van der Waals surface area (Å²) in [5.41, 5.74) is 0. The van der Waals surface area contributed by atoms with E-state index in [2.05, 4.69) is 16.0 Å². The summed E-state index contributed by atoms with van der Waals surface area (Å²) in [6.07, 6.45) is 1.20. The summed E-state index contributed by atoms with van der Waals surface area (Å²) in [6, 6.07) is -1.24. The molecule has 0 aromatic heterocycles. The predicted molar refractivity (Wildman–Crippen MR) is 61.4 cm³/mol. The average Bonchev–Trinajstić information content (AvgIpc) is 2.25. The van der Waals surface area contributed by atoms with E-state index in [1.807, 2.05) is 6.92 Å². The van der Waals surface area contributed by atoms with Gasteiger partial charge in [-0.3, -0.25) is 0 Å². The van der Waals surface area contributed by atoms with Crippen molar-refractivity contribution in [3.63, 3.8) is 0 Å². The molecule has 6 heteroatoms. The van der Waals surface area contributed by atoms with E-state index < -0.39 is 18.0 Å². The molecule has 0 fully saturated rings. The quantitative estimate of drug-likeness (QED) is 0.447. The van der Waals surface area contributed by atoms with E-state index in [1.54, 1.807) is 6.92 Å². The second-order valence-corrected chi connectivity index (χ2v) is 3.41. The maximum Gasteiger partial charge on any atom is 0.326 e. The minimum Gasteiger partial charge on any atom is -0.480 e. The van der Waals surface area contributed by atoms with Crippen molar-refractivity contribution in [1.29, 1.82) is 0 Å². The lowest BCUT2D eigenvalue weighted by Crippen LogP contribution is -2.46. The minimum absolute atomic E-state index is 0.375. The van der Waals surface area contributed by atoms with Crippen LogP contribution in [0, 0.1) is 0 Å². The third-order valence-electron chi connectivity index (χ3n) is 2.08. The molecule has 0 saturated heterocycles. The van der Waals surface area contributed by atoms with Crippen molar-refractivity contribution in [1.82, 2.24) is 16.0 Å². The molecule has 0 saturated carbocycles. The SMILES string of the molecule is CCNCCCNC(=O)N[C@H](CC)C(=O)O. The van der Waals surface area contributed by atoms with E-state index in [1.165, 1.54) is 0 Å². The van der Waals surface area contributed by atoms with Crippen LogP contribution in [-0.4, -0.2) is 42.8 Å². The Bertz CT molecular complexity index is 221. The molecule has 0 bridgehead atoms. The summed E-state index contributed by atoms with van der Waals surface area (Å²) in [5.74, 6) is -1.01. The first kappa shape index (κ1) is 14.7. The first-order valence-corrected chi connectivity index (χ1v) is 5.59. The number of aliphatic carboxylic acids is 1. The Kier molecular flexibility index (Phi) is 8.24. The Morgan fingerprint density at radius 1 is 1.25 bits per heavy atom. The highest BCUT2D eigenvalue weighted by Gasteiger charge is 2.16. The molecule has 1 atom stereocenters. The molecule has 0 radical (unpaired) electrons. The topological polar surface area (TPSA) is 90.5 Å². The van der Waals surface area contributed by atoms with Crippen LogP contribution in [0.5, 0.6) is 0 Å². The lowest BCUT2D eigenvalue weighted by Gasteiger charge is -2.13. The number of carboxylic acids is 1. The summed E-state index contributed by atoms with van der Waals surface area (Å²) in [5, 5.41) is 16.8. The van der Waals surface area contributed by atoms with Gasteiger partial charge in [-0.15, -0.1) is 0 Å². The molecule has 0 aliphatic rings. The molecule has 0 aliphatic heterocycles. The van der Waals surface area contributed by atoms with E-state index in [4.69, 9.17) is 5.11 Å². The Labute approximate surface area is 95.8 Å². The molecule has 6 nitrogen and oxygen atoms in total. The highest BCUT2D eigenvalue weighted by Crippen LogP contribution is 1.90. The molecular formula is C10H21N3O3. The molecule has 4 N–H and O–H groups in total. The fourth-order valence-electron chi connectivity index (χ4n) is 1.14. The average molecular weight is 231 g/mol. The van der Waals surface area contributed by atoms with Crippen molar-refractivity contribution >= 4 is 12.0 Å². The maximum absolute atomic E-state index is 11.2. The summed E-state index contributed by atoms with van der Waals surface area (Å²) in [4.78, 5) is 21.9. The molecule has 94 valence electrons. The molecule has 0 heterocycles. The number of amides is 2. The monoisotopic (exact) mass is 231 g/mol. The number of nitrogens with one attached hydrogen (secondary N) is 3. The van der Waals surface area contributed by atoms with E-state index >= 15 is 0 Å². The predicted octanol–water partition coefficient (Wildman–Crippen LogP) is 0.148. The van der Waals surface area contributed by atoms with Gasteiger partial charge in [0, 0.05) is 6.54 Å². The zero-order valence-electron chi connectivity index (χ0n) is 9.88. The lowest BCUT2D eigenvalue weighted by atomic mass is 10.2. The van der Waals surface area contributed by atoms with Crippen molar-refractivity contribution in [2.45, 2.75) is 32.7 Å². The highest BCUT2D eigenvalue weighted by atomic mass is 16.4. The smallest absolute Gasteiger partial charge is 0.326 e. The van der Waals surface area contributed by atoms with Crippen molar-refractivity contribution < 1.29 is 14.7 Å². The van der Waals surface area contributed by atoms with Crippen molar-refractivity contribution in [3.8, 4) is 0 Å². The molecule has 0 rings (SSSR count). The highest BCUT2D eigenvalue weighted by molar-refractivity contribution is 5.82. The minimum atomic E-state index is -1.01. The van der Waals surface area contributed by atoms with Gasteiger partial charge in [-0.05, 0) is 25.9 Å². The van der Waals surface area contributed by atoms with E-state index in [-0.39, 0.29) is 0 Å². The largest absolute Gasteiger partial charge is 0.480 e. The van der Waals surface area contributed by atoms with Gasteiger partial charge in [-0.25, -0.2) is 9.59 Å². The Balaban J connectivity index is 3.61. The fraction of sp³-hybridized carbons (Fsp3) is 0.800. The van der Waals surface area contributed by atoms with Crippen LogP contribution in [0.1, 0.15) is 26.7 Å². The molecule has 0 unspecified atom stereocenters. The third-order valence-corrected chi connectivity index (χ3v) is 2.08. The van der Waals surface area contributed by atoms with E-state index in [9.17, 15) is 9.59 Å². The van der Waals surface area contributed by atoms with E-state index in [0.29, 0.717) is 13.0 Å². The van der Waals surface area contributed by atoms with Gasteiger partial charge in [0.2, 0.25) is 0 Å². The molecule has 0 aromatic rings. The van der Waals surface area contributed by atoms with Crippen LogP contribution < -0.4 is 16.0 Å². The second kappa shape index (κ2) is 8.96. The van der Waals surface area contributed by atoms with Crippen LogP contribution in [0.4, 0.5) is 4.79 Å². The number of hydrogen-bond acceptors (Lipinski definition) is 3. The molecule has 0 aromatic carbocycles. The molecule has 0 spiro atoms. The maximum atomic E-state index is 11.2. The number of carbonyl (C=O) groups is 2. The van der Waals surface area contributed by atoms with Gasteiger partial charge in [-0.2, -0.15) is 0 Å². The van der Waals surface area contributed by atoms with Gasteiger partial charge in [0.1, 0.15) is 6.04 Å². The van der Waals surface area contributed by atoms with Crippen LogP contribution in [0.25, 0.3) is 0 Å². The number of carboxylic acid groups (broad SMARTS) is 1. The summed E-state index contributed by atoms with van der Waals surface area (Å²) >= 11 is 0. The van der Waals surface area contributed by atoms with Crippen LogP contribution >= 0.6 is 0 Å². The van der Waals surface area contributed by atoms with Crippen molar-refractivity contribution in [3.05, 3.63) is 0 Å².